The minimum absolute atomic E-state index is 0.0833. The number of hydrogen-bond acceptors (Lipinski definition) is 4. The lowest BCUT2D eigenvalue weighted by Crippen LogP contribution is -2.38. The molecule has 2 aliphatic rings. The van der Waals surface area contributed by atoms with Crippen LogP contribution in [0.15, 0.2) is 35.3 Å². The average Bonchev–Trinajstić information content (AvgIpc) is 3.55. The van der Waals surface area contributed by atoms with Crippen LogP contribution in [0.5, 0.6) is 5.75 Å². The van der Waals surface area contributed by atoms with Crippen LogP contribution in [0.3, 0.4) is 0 Å². The van der Waals surface area contributed by atoms with Gasteiger partial charge in [0.15, 0.2) is 0 Å². The Labute approximate surface area is 205 Å². The van der Waals surface area contributed by atoms with Gasteiger partial charge >= 0.3 is 0 Å². The number of ether oxygens (including phenoxy) is 1. The molecule has 1 N–H and O–H groups in total. The zero-order valence-electron chi connectivity index (χ0n) is 19.5. The topological polar surface area (TPSA) is 33.6 Å². The molecular formula is C27H30ClFN2OS. The first-order valence-electron chi connectivity index (χ1n) is 11.3. The van der Waals surface area contributed by atoms with E-state index in [-0.39, 0.29) is 17.2 Å². The lowest BCUT2D eigenvalue weighted by Gasteiger charge is -2.36. The molecule has 0 amide bonds. The zero-order chi connectivity index (χ0) is 23.8. The van der Waals surface area contributed by atoms with Crippen molar-refractivity contribution in [2.75, 3.05) is 13.7 Å². The SMILES string of the molecule is C#CCNC1N=C(c2cc(C)c(OC)cc2Cl)C(C)([C@@H](CC2CC2)c2ccc(C)c(F)c2)S1. The number of aliphatic imine (C=N–C) groups is 1. The summed E-state index contributed by atoms with van der Waals surface area (Å²) >= 11 is 8.51. The van der Waals surface area contributed by atoms with E-state index in [1.165, 1.54) is 12.8 Å². The molecular weight excluding hydrogens is 455 g/mol. The van der Waals surface area contributed by atoms with Crippen LogP contribution in [-0.4, -0.2) is 29.6 Å². The quantitative estimate of drug-likeness (QED) is 0.435. The summed E-state index contributed by atoms with van der Waals surface area (Å²) < 4.78 is 19.7. The molecule has 1 saturated carbocycles. The third-order valence-electron chi connectivity index (χ3n) is 6.72. The molecule has 174 valence electrons. The van der Waals surface area contributed by atoms with Gasteiger partial charge in [-0.15, -0.1) is 18.2 Å². The van der Waals surface area contributed by atoms with Crippen LogP contribution in [-0.2, 0) is 0 Å². The third-order valence-corrected chi connectivity index (χ3v) is 8.50. The molecule has 3 nitrogen and oxygen atoms in total. The number of hydrogen-bond donors (Lipinski definition) is 1. The number of benzene rings is 2. The summed E-state index contributed by atoms with van der Waals surface area (Å²) in [5.41, 5.74) is 4.27. The minimum Gasteiger partial charge on any atom is -0.496 e. The van der Waals surface area contributed by atoms with Crippen molar-refractivity contribution in [1.29, 1.82) is 0 Å². The fourth-order valence-electron chi connectivity index (χ4n) is 4.63. The Hall–Kier alpha value is -2.00. The van der Waals surface area contributed by atoms with Crippen molar-refractivity contribution in [2.45, 2.75) is 56.2 Å². The highest BCUT2D eigenvalue weighted by Crippen LogP contribution is 2.54. The van der Waals surface area contributed by atoms with Gasteiger partial charge in [-0.3, -0.25) is 10.3 Å². The van der Waals surface area contributed by atoms with Crippen LogP contribution < -0.4 is 10.1 Å². The highest BCUT2D eigenvalue weighted by molar-refractivity contribution is 8.02. The fourth-order valence-corrected chi connectivity index (χ4v) is 6.34. The molecule has 6 heteroatoms. The van der Waals surface area contributed by atoms with Gasteiger partial charge in [-0.25, -0.2) is 4.39 Å². The molecule has 3 atom stereocenters. The Bertz CT molecular complexity index is 1120. The molecule has 0 spiro atoms. The number of aryl methyl sites for hydroxylation is 2. The Kier molecular flexibility index (Phi) is 7.09. The van der Waals surface area contributed by atoms with Gasteiger partial charge in [0.25, 0.3) is 0 Å². The van der Waals surface area contributed by atoms with E-state index in [0.29, 0.717) is 23.0 Å². The average molecular weight is 485 g/mol. The molecule has 1 fully saturated rings. The number of rotatable bonds is 8. The van der Waals surface area contributed by atoms with Crippen LogP contribution in [0.2, 0.25) is 5.02 Å². The van der Waals surface area contributed by atoms with Crippen molar-refractivity contribution >= 4 is 29.1 Å². The molecule has 1 heterocycles. The summed E-state index contributed by atoms with van der Waals surface area (Å²) in [6.45, 7) is 6.44. The maximum absolute atomic E-state index is 14.7. The molecule has 2 unspecified atom stereocenters. The second kappa shape index (κ2) is 9.70. The second-order valence-corrected chi connectivity index (χ2v) is 11.1. The van der Waals surface area contributed by atoms with E-state index in [2.05, 4.69) is 24.2 Å². The van der Waals surface area contributed by atoms with Crippen LogP contribution in [0.1, 0.15) is 54.4 Å². The van der Waals surface area contributed by atoms with Gasteiger partial charge in [0.05, 0.1) is 29.1 Å². The molecule has 0 bridgehead atoms. The molecule has 1 aliphatic carbocycles. The second-order valence-electron chi connectivity index (χ2n) is 9.18. The number of nitrogens with one attached hydrogen (secondary N) is 1. The number of halogens is 2. The van der Waals surface area contributed by atoms with Gasteiger partial charge in [-0.2, -0.15) is 0 Å². The van der Waals surface area contributed by atoms with Crippen molar-refractivity contribution < 1.29 is 9.13 Å². The summed E-state index contributed by atoms with van der Waals surface area (Å²) in [5, 5.41) is 3.93. The standard InChI is InChI=1S/C27H30ClFN2OS/c1-6-11-30-26-31-25(20-12-17(3)24(32-5)15-22(20)28)27(4,33-26)21(13-18-8-9-18)19-10-7-16(2)23(29)14-19/h1,7,10,12,14-15,18,21,26,30H,8-9,11,13H2,2-5H3/t21-,26?,27?/m0/s1. The maximum atomic E-state index is 14.7. The highest BCUT2D eigenvalue weighted by atomic mass is 35.5. The summed E-state index contributed by atoms with van der Waals surface area (Å²) in [5.74, 6) is 3.96. The fraction of sp³-hybridized carbons (Fsp3) is 0.444. The highest BCUT2D eigenvalue weighted by Gasteiger charge is 2.49. The smallest absolute Gasteiger partial charge is 0.148 e. The first-order valence-corrected chi connectivity index (χ1v) is 12.6. The Morgan fingerprint density at radius 1 is 1.30 bits per heavy atom. The predicted octanol–water partition coefficient (Wildman–Crippen LogP) is 6.49. The third kappa shape index (κ3) is 4.94. The zero-order valence-corrected chi connectivity index (χ0v) is 21.1. The number of thioether (sulfide) groups is 1. The number of terminal acetylenes is 1. The Balaban J connectivity index is 1.83. The first kappa shape index (κ1) is 24.1. The first-order chi connectivity index (χ1) is 15.8. The molecule has 2 aromatic rings. The summed E-state index contributed by atoms with van der Waals surface area (Å²) in [6, 6.07) is 9.55. The maximum Gasteiger partial charge on any atom is 0.148 e. The van der Waals surface area contributed by atoms with Crippen LogP contribution in [0.25, 0.3) is 0 Å². The molecule has 2 aromatic carbocycles. The van der Waals surface area contributed by atoms with Gasteiger partial charge in [-0.1, -0.05) is 42.5 Å². The molecule has 0 radical (unpaired) electrons. The minimum atomic E-state index is -0.415. The van der Waals surface area contributed by atoms with Gasteiger partial charge < -0.3 is 4.74 Å². The van der Waals surface area contributed by atoms with E-state index < -0.39 is 4.75 Å². The van der Waals surface area contributed by atoms with Crippen molar-refractivity contribution in [1.82, 2.24) is 5.32 Å². The van der Waals surface area contributed by atoms with Crippen molar-refractivity contribution in [3.63, 3.8) is 0 Å². The molecule has 33 heavy (non-hydrogen) atoms. The Morgan fingerprint density at radius 3 is 2.70 bits per heavy atom. The van der Waals surface area contributed by atoms with E-state index in [0.717, 1.165) is 34.6 Å². The van der Waals surface area contributed by atoms with Crippen LogP contribution in [0, 0.1) is 37.9 Å². The van der Waals surface area contributed by atoms with E-state index in [1.54, 1.807) is 31.9 Å². The molecule has 4 rings (SSSR count). The largest absolute Gasteiger partial charge is 0.496 e. The monoisotopic (exact) mass is 484 g/mol. The van der Waals surface area contributed by atoms with Gasteiger partial charge in [0.1, 0.15) is 17.1 Å². The Morgan fingerprint density at radius 2 is 2.06 bits per heavy atom. The number of nitrogens with zero attached hydrogens (tertiary/aromatic N) is 1. The molecule has 1 aliphatic heterocycles. The van der Waals surface area contributed by atoms with Crippen molar-refractivity contribution in [2.24, 2.45) is 10.9 Å². The van der Waals surface area contributed by atoms with Crippen molar-refractivity contribution in [3.8, 4) is 18.1 Å². The van der Waals surface area contributed by atoms with E-state index >= 15 is 0 Å². The van der Waals surface area contributed by atoms with E-state index in [9.17, 15) is 4.39 Å². The van der Waals surface area contributed by atoms with Gasteiger partial charge in [-0.05, 0) is 68.0 Å². The normalized spacial score (nSPS) is 23.2. The lowest BCUT2D eigenvalue weighted by atomic mass is 9.77. The van der Waals surface area contributed by atoms with Crippen LogP contribution in [0.4, 0.5) is 4.39 Å². The molecule has 0 saturated heterocycles. The molecule has 0 aromatic heterocycles. The van der Waals surface area contributed by atoms with Crippen LogP contribution >= 0.6 is 23.4 Å². The predicted molar refractivity (Wildman–Crippen MR) is 137 cm³/mol. The number of methoxy groups -OCH3 is 1. The van der Waals surface area contributed by atoms with Crippen molar-refractivity contribution in [3.05, 3.63) is 63.4 Å². The van der Waals surface area contributed by atoms with Gasteiger partial charge in [0.2, 0.25) is 0 Å². The van der Waals surface area contributed by atoms with E-state index in [1.807, 2.05) is 25.1 Å². The summed E-state index contributed by atoms with van der Waals surface area (Å²) in [4.78, 5) is 5.07. The van der Waals surface area contributed by atoms with Gasteiger partial charge in [0, 0.05) is 11.5 Å². The summed E-state index contributed by atoms with van der Waals surface area (Å²) in [6.07, 6.45) is 8.93. The summed E-state index contributed by atoms with van der Waals surface area (Å²) in [7, 11) is 1.64. The van der Waals surface area contributed by atoms with E-state index in [4.69, 9.17) is 27.8 Å². The lowest BCUT2D eigenvalue weighted by molar-refractivity contribution is 0.411.